The van der Waals surface area contributed by atoms with Gasteiger partial charge in [0.05, 0.1) is 7.11 Å². The van der Waals surface area contributed by atoms with Crippen LogP contribution >= 0.6 is 31.9 Å². The van der Waals surface area contributed by atoms with Crippen LogP contribution in [-0.2, 0) is 0 Å². The largest absolute Gasteiger partial charge is 0.497 e. The van der Waals surface area contributed by atoms with E-state index in [9.17, 15) is 0 Å². The van der Waals surface area contributed by atoms with Gasteiger partial charge < -0.3 is 4.74 Å². The second-order valence-corrected chi connectivity index (χ2v) is 5.58. The molecule has 0 aliphatic rings. The van der Waals surface area contributed by atoms with Crippen molar-refractivity contribution in [2.45, 2.75) is 6.92 Å². The molecule has 0 amide bonds. The van der Waals surface area contributed by atoms with Gasteiger partial charge in [-0.1, -0.05) is 37.9 Å². The first kappa shape index (κ1) is 12.7. The number of hydrogen-bond acceptors (Lipinski definition) is 1. The van der Waals surface area contributed by atoms with Crippen LogP contribution in [0.1, 0.15) is 5.56 Å². The number of methoxy groups -OCH3 is 1. The minimum atomic E-state index is 0.873. The van der Waals surface area contributed by atoms with Crippen molar-refractivity contribution in [3.63, 3.8) is 0 Å². The number of rotatable bonds is 2. The molecule has 2 aromatic carbocycles. The van der Waals surface area contributed by atoms with Crippen molar-refractivity contribution in [1.29, 1.82) is 0 Å². The lowest BCUT2D eigenvalue weighted by molar-refractivity contribution is 0.415. The molecule has 0 N–H and O–H groups in total. The summed E-state index contributed by atoms with van der Waals surface area (Å²) >= 11 is 7.09. The standard InChI is InChI=1S/C14H12Br2O/c1-9-3-5-11(17-2)8-12(9)13-7-10(15)4-6-14(13)16/h3-8H,1-2H3. The number of aryl methyl sites for hydroxylation is 1. The Morgan fingerprint density at radius 3 is 2.41 bits per heavy atom. The van der Waals surface area contributed by atoms with Crippen molar-refractivity contribution in [1.82, 2.24) is 0 Å². The first-order valence-corrected chi connectivity index (χ1v) is 6.80. The van der Waals surface area contributed by atoms with Gasteiger partial charge in [-0.25, -0.2) is 0 Å². The highest BCUT2D eigenvalue weighted by Gasteiger charge is 2.08. The maximum Gasteiger partial charge on any atom is 0.119 e. The fraction of sp³-hybridized carbons (Fsp3) is 0.143. The van der Waals surface area contributed by atoms with Crippen LogP contribution in [0.3, 0.4) is 0 Å². The highest BCUT2D eigenvalue weighted by atomic mass is 79.9. The lowest BCUT2D eigenvalue weighted by Crippen LogP contribution is -1.88. The van der Waals surface area contributed by atoms with E-state index in [-0.39, 0.29) is 0 Å². The van der Waals surface area contributed by atoms with Crippen molar-refractivity contribution in [3.05, 3.63) is 50.9 Å². The van der Waals surface area contributed by atoms with Crippen molar-refractivity contribution in [3.8, 4) is 16.9 Å². The van der Waals surface area contributed by atoms with Crippen LogP contribution in [0.4, 0.5) is 0 Å². The van der Waals surface area contributed by atoms with Gasteiger partial charge in [0, 0.05) is 8.95 Å². The summed E-state index contributed by atoms with van der Waals surface area (Å²) in [5.41, 5.74) is 3.57. The monoisotopic (exact) mass is 354 g/mol. The van der Waals surface area contributed by atoms with Crippen LogP contribution in [0.5, 0.6) is 5.75 Å². The summed E-state index contributed by atoms with van der Waals surface area (Å²) in [6.45, 7) is 2.10. The van der Waals surface area contributed by atoms with Gasteiger partial charge in [0.15, 0.2) is 0 Å². The lowest BCUT2D eigenvalue weighted by atomic mass is 10.0. The molecular formula is C14H12Br2O. The minimum Gasteiger partial charge on any atom is -0.497 e. The zero-order chi connectivity index (χ0) is 12.4. The fourth-order valence-corrected chi connectivity index (χ4v) is 2.54. The number of benzene rings is 2. The molecule has 0 radical (unpaired) electrons. The number of ether oxygens (including phenoxy) is 1. The summed E-state index contributed by atoms with van der Waals surface area (Å²) in [5.74, 6) is 0.873. The third-order valence-corrected chi connectivity index (χ3v) is 3.85. The second kappa shape index (κ2) is 5.23. The van der Waals surface area contributed by atoms with E-state index < -0.39 is 0 Å². The highest BCUT2D eigenvalue weighted by Crippen LogP contribution is 2.34. The molecular weight excluding hydrogens is 344 g/mol. The van der Waals surface area contributed by atoms with Gasteiger partial charge in [-0.2, -0.15) is 0 Å². The molecule has 1 nitrogen and oxygen atoms in total. The topological polar surface area (TPSA) is 9.23 Å². The Balaban J connectivity index is 2.62. The average Bonchev–Trinajstić information content (AvgIpc) is 2.33. The van der Waals surface area contributed by atoms with Crippen LogP contribution in [0.25, 0.3) is 11.1 Å². The van der Waals surface area contributed by atoms with Crippen LogP contribution in [0.2, 0.25) is 0 Å². The molecule has 0 unspecified atom stereocenters. The third kappa shape index (κ3) is 2.72. The van der Waals surface area contributed by atoms with Crippen molar-refractivity contribution >= 4 is 31.9 Å². The van der Waals surface area contributed by atoms with E-state index in [4.69, 9.17) is 4.74 Å². The van der Waals surface area contributed by atoms with E-state index in [2.05, 4.69) is 57.0 Å². The minimum absolute atomic E-state index is 0.873. The number of hydrogen-bond donors (Lipinski definition) is 0. The SMILES string of the molecule is COc1ccc(C)c(-c2cc(Br)ccc2Br)c1. The third-order valence-electron chi connectivity index (χ3n) is 2.66. The summed E-state index contributed by atoms with van der Waals surface area (Å²) in [5, 5.41) is 0. The van der Waals surface area contributed by atoms with Crippen LogP contribution in [0, 0.1) is 6.92 Å². The molecule has 2 rings (SSSR count). The average molecular weight is 356 g/mol. The Morgan fingerprint density at radius 2 is 1.71 bits per heavy atom. The molecule has 0 spiro atoms. The molecule has 0 aliphatic carbocycles. The maximum atomic E-state index is 5.27. The molecule has 0 aromatic heterocycles. The van der Waals surface area contributed by atoms with Crippen LogP contribution in [-0.4, -0.2) is 7.11 Å². The Kier molecular flexibility index (Phi) is 3.89. The summed E-state index contributed by atoms with van der Waals surface area (Å²) in [6, 6.07) is 12.3. The maximum absolute atomic E-state index is 5.27. The zero-order valence-electron chi connectivity index (χ0n) is 9.63. The van der Waals surface area contributed by atoms with Gasteiger partial charge in [0.25, 0.3) is 0 Å². The Labute approximate surface area is 118 Å². The molecule has 0 saturated carbocycles. The molecule has 2 aromatic rings. The van der Waals surface area contributed by atoms with E-state index in [1.165, 1.54) is 11.1 Å². The van der Waals surface area contributed by atoms with E-state index in [0.29, 0.717) is 0 Å². The van der Waals surface area contributed by atoms with Crippen molar-refractivity contribution < 1.29 is 4.74 Å². The zero-order valence-corrected chi connectivity index (χ0v) is 12.8. The van der Waals surface area contributed by atoms with Gasteiger partial charge in [-0.3, -0.25) is 0 Å². The van der Waals surface area contributed by atoms with Crippen LogP contribution < -0.4 is 4.74 Å². The number of halogens is 2. The summed E-state index contributed by atoms with van der Waals surface area (Å²) in [7, 11) is 1.68. The first-order valence-electron chi connectivity index (χ1n) is 5.22. The smallest absolute Gasteiger partial charge is 0.119 e. The normalized spacial score (nSPS) is 10.4. The van der Waals surface area contributed by atoms with E-state index in [1.807, 2.05) is 18.2 Å². The molecule has 0 atom stereocenters. The van der Waals surface area contributed by atoms with Crippen molar-refractivity contribution in [2.75, 3.05) is 7.11 Å². The second-order valence-electron chi connectivity index (χ2n) is 3.81. The Hall–Kier alpha value is -0.800. The predicted octanol–water partition coefficient (Wildman–Crippen LogP) is 5.20. The quantitative estimate of drug-likeness (QED) is 0.719. The first-order chi connectivity index (χ1) is 8.11. The van der Waals surface area contributed by atoms with E-state index >= 15 is 0 Å². The molecule has 0 bridgehead atoms. The molecule has 0 saturated heterocycles. The highest BCUT2D eigenvalue weighted by molar-refractivity contribution is 9.11. The van der Waals surface area contributed by atoms with Gasteiger partial charge in [-0.05, 0) is 53.9 Å². The molecule has 17 heavy (non-hydrogen) atoms. The summed E-state index contributed by atoms with van der Waals surface area (Å²) in [4.78, 5) is 0. The molecule has 88 valence electrons. The lowest BCUT2D eigenvalue weighted by Gasteiger charge is -2.11. The van der Waals surface area contributed by atoms with Gasteiger partial charge in [0.2, 0.25) is 0 Å². The summed E-state index contributed by atoms with van der Waals surface area (Å²) < 4.78 is 7.42. The fourth-order valence-electron chi connectivity index (χ4n) is 1.72. The van der Waals surface area contributed by atoms with E-state index in [1.54, 1.807) is 7.11 Å². The van der Waals surface area contributed by atoms with Gasteiger partial charge in [-0.15, -0.1) is 0 Å². The van der Waals surface area contributed by atoms with Crippen molar-refractivity contribution in [2.24, 2.45) is 0 Å². The van der Waals surface area contributed by atoms with E-state index in [0.717, 1.165) is 20.3 Å². The predicted molar refractivity (Wildman–Crippen MR) is 78.6 cm³/mol. The Morgan fingerprint density at radius 1 is 0.941 bits per heavy atom. The molecule has 3 heteroatoms. The molecule has 0 aliphatic heterocycles. The Bertz CT molecular complexity index is 550. The molecule has 0 heterocycles. The van der Waals surface area contributed by atoms with Gasteiger partial charge >= 0.3 is 0 Å². The van der Waals surface area contributed by atoms with Crippen LogP contribution in [0.15, 0.2) is 45.3 Å². The summed E-state index contributed by atoms with van der Waals surface area (Å²) in [6.07, 6.45) is 0. The van der Waals surface area contributed by atoms with Gasteiger partial charge in [0.1, 0.15) is 5.75 Å². The molecule has 0 fully saturated rings.